The fourth-order valence-electron chi connectivity index (χ4n) is 7.25. The maximum Gasteiger partial charge on any atom is 0.303 e. The fourth-order valence-corrected chi connectivity index (χ4v) is 7.25. The molecular weight excluding hydrogens is 416 g/mol. The first-order valence-corrected chi connectivity index (χ1v) is 11.1. The molecule has 180 valence electrons. The average molecular weight is 453 g/mol. The van der Waals surface area contributed by atoms with Crippen LogP contribution in [0, 0.1) is 16.7 Å². The van der Waals surface area contributed by atoms with E-state index in [0.29, 0.717) is 0 Å². The summed E-state index contributed by atoms with van der Waals surface area (Å²) in [4.78, 5) is 37.5. The molecule has 0 aromatic heterocycles. The number of hydrogen-bond acceptors (Lipinski definition) is 8. The number of aliphatic hydroxyl groups is 2. The largest absolute Gasteiger partial charge is 0.459 e. The van der Waals surface area contributed by atoms with E-state index in [0.717, 1.165) is 0 Å². The molecule has 0 bridgehead atoms. The van der Waals surface area contributed by atoms with Gasteiger partial charge < -0.3 is 24.4 Å². The Kier molecular flexibility index (Phi) is 5.72. The van der Waals surface area contributed by atoms with E-state index in [1.54, 1.807) is 40.7 Å². The molecule has 1 saturated heterocycles. The van der Waals surface area contributed by atoms with Gasteiger partial charge in [-0.1, -0.05) is 26.8 Å². The van der Waals surface area contributed by atoms with E-state index in [-0.39, 0.29) is 19.3 Å². The van der Waals surface area contributed by atoms with Crippen LogP contribution in [0.5, 0.6) is 0 Å². The summed E-state index contributed by atoms with van der Waals surface area (Å²) in [5.74, 6) is -2.17. The standard InChI is InChI=1S/C24H36O8/c1-9-21(6)12-17(28)24(29)22(7)11-16(30-13(2)25)19(31-14(3)26)20(4,5)18(22)15(27)10-23(24,8)32-21/h9,15-16,18-19,27,29H,1,10-12H2,2-8H3/t15-,16-,18-,19-,21-,22-,23+,24-/m0/s1. The number of rotatable bonds is 3. The van der Waals surface area contributed by atoms with Crippen LogP contribution in [0.3, 0.4) is 0 Å². The molecule has 2 saturated carbocycles. The van der Waals surface area contributed by atoms with Gasteiger partial charge in [0.25, 0.3) is 0 Å². The highest BCUT2D eigenvalue weighted by Crippen LogP contribution is 2.67. The highest BCUT2D eigenvalue weighted by molar-refractivity contribution is 5.92. The molecule has 0 amide bonds. The molecule has 1 heterocycles. The quantitative estimate of drug-likeness (QED) is 0.493. The van der Waals surface area contributed by atoms with Crippen molar-refractivity contribution < 1.29 is 38.8 Å². The molecule has 0 aromatic carbocycles. The topological polar surface area (TPSA) is 119 Å². The molecule has 1 aliphatic heterocycles. The molecule has 3 rings (SSSR count). The Morgan fingerprint density at radius 1 is 1.09 bits per heavy atom. The Morgan fingerprint density at radius 3 is 2.16 bits per heavy atom. The van der Waals surface area contributed by atoms with Gasteiger partial charge in [0.05, 0.1) is 11.7 Å². The molecule has 0 aromatic rings. The van der Waals surface area contributed by atoms with Gasteiger partial charge in [-0.2, -0.15) is 0 Å². The van der Waals surface area contributed by atoms with Gasteiger partial charge in [0.15, 0.2) is 11.4 Å². The van der Waals surface area contributed by atoms with Crippen LogP contribution in [0.1, 0.15) is 67.7 Å². The van der Waals surface area contributed by atoms with Gasteiger partial charge in [-0.05, 0) is 20.3 Å². The minimum atomic E-state index is -1.97. The van der Waals surface area contributed by atoms with Crippen molar-refractivity contribution in [3.63, 3.8) is 0 Å². The van der Waals surface area contributed by atoms with E-state index in [2.05, 4.69) is 6.58 Å². The maximum absolute atomic E-state index is 13.6. The average Bonchev–Trinajstić information content (AvgIpc) is 2.60. The molecule has 0 unspecified atom stereocenters. The van der Waals surface area contributed by atoms with Crippen molar-refractivity contribution in [2.24, 2.45) is 16.7 Å². The van der Waals surface area contributed by atoms with E-state index in [9.17, 15) is 24.6 Å². The van der Waals surface area contributed by atoms with Crippen molar-refractivity contribution in [3.05, 3.63) is 12.7 Å². The van der Waals surface area contributed by atoms with Crippen LogP contribution in [0.15, 0.2) is 12.7 Å². The lowest BCUT2D eigenvalue weighted by Crippen LogP contribution is -2.82. The van der Waals surface area contributed by atoms with Gasteiger partial charge >= 0.3 is 11.9 Å². The highest BCUT2D eigenvalue weighted by atomic mass is 16.6. The molecule has 8 atom stereocenters. The van der Waals surface area contributed by atoms with Crippen molar-refractivity contribution >= 4 is 17.7 Å². The first kappa shape index (κ1) is 24.9. The number of hydrogen-bond donors (Lipinski definition) is 2. The van der Waals surface area contributed by atoms with Gasteiger partial charge in [0.1, 0.15) is 17.8 Å². The van der Waals surface area contributed by atoms with Crippen LogP contribution in [0.2, 0.25) is 0 Å². The molecule has 32 heavy (non-hydrogen) atoms. The van der Waals surface area contributed by atoms with Crippen molar-refractivity contribution in [3.8, 4) is 0 Å². The highest BCUT2D eigenvalue weighted by Gasteiger charge is 2.78. The smallest absolute Gasteiger partial charge is 0.303 e. The molecule has 8 nitrogen and oxygen atoms in total. The third-order valence-electron chi connectivity index (χ3n) is 8.18. The third-order valence-corrected chi connectivity index (χ3v) is 8.18. The zero-order valence-electron chi connectivity index (χ0n) is 20.1. The van der Waals surface area contributed by atoms with Crippen LogP contribution in [0.25, 0.3) is 0 Å². The number of fused-ring (bicyclic) bond motifs is 3. The van der Waals surface area contributed by atoms with Crippen LogP contribution >= 0.6 is 0 Å². The van der Waals surface area contributed by atoms with Crippen LogP contribution in [-0.2, 0) is 28.6 Å². The molecular formula is C24H36O8. The van der Waals surface area contributed by atoms with Gasteiger partial charge in [0, 0.05) is 43.4 Å². The molecule has 2 N–H and O–H groups in total. The van der Waals surface area contributed by atoms with E-state index < -0.39 is 69.6 Å². The summed E-state index contributed by atoms with van der Waals surface area (Å²) in [6.45, 7) is 15.0. The van der Waals surface area contributed by atoms with Crippen LogP contribution in [0.4, 0.5) is 0 Å². The van der Waals surface area contributed by atoms with Crippen LogP contribution < -0.4 is 0 Å². The maximum atomic E-state index is 13.6. The zero-order chi connectivity index (χ0) is 24.5. The number of ketones is 1. The van der Waals surface area contributed by atoms with E-state index in [4.69, 9.17) is 14.2 Å². The summed E-state index contributed by atoms with van der Waals surface area (Å²) in [6.07, 6.45) is -1.26. The molecule has 0 spiro atoms. The monoisotopic (exact) mass is 452 g/mol. The number of ether oxygens (including phenoxy) is 3. The Labute approximate surface area is 189 Å². The first-order valence-electron chi connectivity index (χ1n) is 11.1. The number of carbonyl (C=O) groups excluding carboxylic acids is 3. The van der Waals surface area contributed by atoms with E-state index in [1.165, 1.54) is 13.8 Å². The SMILES string of the molecule is C=C[C@@]1(C)CC(=O)[C@@]2(O)[C@@](C)(C[C@H](O)[C@H]3C(C)(C)[C@@H](OC(C)=O)[C@@H](OC(C)=O)C[C@@]32C)O1. The number of esters is 2. The molecule has 0 radical (unpaired) electrons. The van der Waals surface area contributed by atoms with Crippen molar-refractivity contribution in [2.75, 3.05) is 0 Å². The Balaban J connectivity index is 2.21. The summed E-state index contributed by atoms with van der Waals surface area (Å²) in [5, 5.41) is 23.6. The fraction of sp³-hybridized carbons (Fsp3) is 0.792. The van der Waals surface area contributed by atoms with E-state index >= 15 is 0 Å². The lowest BCUT2D eigenvalue weighted by molar-refractivity contribution is -0.340. The second kappa shape index (κ2) is 7.37. The molecule has 3 aliphatic rings. The second-order valence-corrected chi connectivity index (χ2v) is 11.0. The first-order chi connectivity index (χ1) is 14.5. The van der Waals surface area contributed by atoms with Gasteiger partial charge in [-0.3, -0.25) is 14.4 Å². The third kappa shape index (κ3) is 3.25. The molecule has 3 fully saturated rings. The Bertz CT molecular complexity index is 851. The Morgan fingerprint density at radius 2 is 1.66 bits per heavy atom. The van der Waals surface area contributed by atoms with Gasteiger partial charge in [-0.15, -0.1) is 6.58 Å². The van der Waals surface area contributed by atoms with Crippen molar-refractivity contribution in [2.45, 2.75) is 103 Å². The normalized spacial score (nSPS) is 47.6. The van der Waals surface area contributed by atoms with Crippen LogP contribution in [-0.4, -0.2) is 63.0 Å². The van der Waals surface area contributed by atoms with E-state index in [1.807, 2.05) is 0 Å². The number of carbonyl (C=O) groups is 3. The molecule has 8 heteroatoms. The summed E-state index contributed by atoms with van der Waals surface area (Å²) in [7, 11) is 0. The summed E-state index contributed by atoms with van der Waals surface area (Å²) < 4.78 is 17.5. The van der Waals surface area contributed by atoms with Gasteiger partial charge in [0.2, 0.25) is 0 Å². The lowest BCUT2D eigenvalue weighted by Gasteiger charge is -2.70. The van der Waals surface area contributed by atoms with Gasteiger partial charge in [-0.25, -0.2) is 0 Å². The Hall–Kier alpha value is -1.77. The predicted octanol–water partition coefficient (Wildman–Crippen LogP) is 2.09. The zero-order valence-corrected chi connectivity index (χ0v) is 20.1. The second-order valence-electron chi connectivity index (χ2n) is 11.0. The summed E-state index contributed by atoms with van der Waals surface area (Å²) >= 11 is 0. The number of aliphatic hydroxyl groups excluding tert-OH is 1. The predicted molar refractivity (Wildman–Crippen MR) is 114 cm³/mol. The molecule has 2 aliphatic carbocycles. The lowest BCUT2D eigenvalue weighted by atomic mass is 9.40. The van der Waals surface area contributed by atoms with Crippen molar-refractivity contribution in [1.29, 1.82) is 0 Å². The van der Waals surface area contributed by atoms with Crippen molar-refractivity contribution in [1.82, 2.24) is 0 Å². The number of Topliss-reactive ketones (excluding diaryl/α,β-unsaturated/α-hetero) is 1. The summed E-state index contributed by atoms with van der Waals surface area (Å²) in [5.41, 5.74) is -6.53. The minimum absolute atomic E-state index is 0.00732. The minimum Gasteiger partial charge on any atom is -0.459 e. The summed E-state index contributed by atoms with van der Waals surface area (Å²) in [6, 6.07) is 0.